The van der Waals surface area contributed by atoms with Crippen LogP contribution >= 0.6 is 27.3 Å². The Morgan fingerprint density at radius 3 is 3.15 bits per heavy atom. The second-order valence-corrected chi connectivity index (χ2v) is 6.89. The Morgan fingerprint density at radius 2 is 2.35 bits per heavy atom. The third kappa shape index (κ3) is 2.67. The van der Waals surface area contributed by atoms with Gasteiger partial charge in [0.25, 0.3) is 0 Å². The molecule has 2 nitrogen and oxygen atoms in total. The molecule has 1 heterocycles. The molecule has 0 radical (unpaired) electrons. The van der Waals surface area contributed by atoms with Gasteiger partial charge in [0.1, 0.15) is 10.8 Å². The maximum absolute atomic E-state index is 13.5. The lowest BCUT2D eigenvalue weighted by molar-refractivity contribution is 0.465. The lowest BCUT2D eigenvalue weighted by Crippen LogP contribution is -2.24. The van der Waals surface area contributed by atoms with E-state index >= 15 is 0 Å². The van der Waals surface area contributed by atoms with Crippen LogP contribution in [0.15, 0.2) is 22.7 Å². The molecule has 106 valence electrons. The summed E-state index contributed by atoms with van der Waals surface area (Å²) in [6.45, 7) is 3.06. The maximum atomic E-state index is 13.5. The van der Waals surface area contributed by atoms with Crippen molar-refractivity contribution in [1.29, 1.82) is 0 Å². The zero-order valence-corrected chi connectivity index (χ0v) is 13.7. The van der Waals surface area contributed by atoms with Crippen molar-refractivity contribution in [2.45, 2.75) is 32.2 Å². The first-order chi connectivity index (χ1) is 9.69. The summed E-state index contributed by atoms with van der Waals surface area (Å²) in [6, 6.07) is 5.10. The molecule has 1 aromatic heterocycles. The summed E-state index contributed by atoms with van der Waals surface area (Å²) in [4.78, 5) is 6.12. The van der Waals surface area contributed by atoms with Gasteiger partial charge in [0.05, 0.1) is 11.7 Å². The molecule has 1 atom stereocenters. The summed E-state index contributed by atoms with van der Waals surface area (Å²) in [5, 5.41) is 4.40. The van der Waals surface area contributed by atoms with E-state index in [0.717, 1.165) is 40.1 Å². The molecule has 5 heteroatoms. The monoisotopic (exact) mass is 354 g/mol. The normalized spacial score (nSPS) is 18.1. The Kier molecular flexibility index (Phi) is 4.19. The molecule has 0 aliphatic heterocycles. The molecular formula is C15H16BrFN2S. The molecular weight excluding hydrogens is 339 g/mol. The van der Waals surface area contributed by atoms with Gasteiger partial charge in [-0.15, -0.1) is 11.3 Å². The van der Waals surface area contributed by atoms with Gasteiger partial charge < -0.3 is 5.32 Å². The summed E-state index contributed by atoms with van der Waals surface area (Å²) in [5.74, 6) is -0.223. The van der Waals surface area contributed by atoms with E-state index in [2.05, 4.69) is 28.2 Å². The third-order valence-electron chi connectivity index (χ3n) is 3.56. The fraction of sp³-hybridized carbons (Fsp3) is 0.400. The van der Waals surface area contributed by atoms with Crippen LogP contribution in [0.25, 0.3) is 10.6 Å². The predicted molar refractivity (Wildman–Crippen MR) is 84.6 cm³/mol. The molecule has 0 fully saturated rings. The number of hydrogen-bond acceptors (Lipinski definition) is 3. The smallest absolute Gasteiger partial charge is 0.125 e. The van der Waals surface area contributed by atoms with E-state index in [1.165, 1.54) is 17.4 Å². The van der Waals surface area contributed by atoms with Crippen molar-refractivity contribution in [3.8, 4) is 10.6 Å². The van der Waals surface area contributed by atoms with Gasteiger partial charge >= 0.3 is 0 Å². The highest BCUT2D eigenvalue weighted by atomic mass is 79.9. The topological polar surface area (TPSA) is 24.9 Å². The molecule has 20 heavy (non-hydrogen) atoms. The molecule has 0 saturated heterocycles. The Bertz CT molecular complexity index is 626. The van der Waals surface area contributed by atoms with Crippen molar-refractivity contribution < 1.29 is 4.39 Å². The molecule has 1 aliphatic carbocycles. The number of nitrogens with one attached hydrogen (secondary N) is 1. The molecule has 1 unspecified atom stereocenters. The average Bonchev–Trinajstić information content (AvgIpc) is 2.87. The number of hydrogen-bond donors (Lipinski definition) is 1. The van der Waals surface area contributed by atoms with Crippen molar-refractivity contribution >= 4 is 27.3 Å². The Balaban J connectivity index is 2.02. The van der Waals surface area contributed by atoms with E-state index in [-0.39, 0.29) is 5.82 Å². The zero-order valence-electron chi connectivity index (χ0n) is 11.2. The quantitative estimate of drug-likeness (QED) is 0.863. The number of aryl methyl sites for hydroxylation is 1. The Labute approximate surface area is 130 Å². The molecule has 1 aromatic carbocycles. The van der Waals surface area contributed by atoms with Gasteiger partial charge in [0, 0.05) is 14.9 Å². The number of thiazole rings is 1. The molecule has 0 saturated carbocycles. The minimum Gasteiger partial charge on any atom is -0.309 e. The minimum absolute atomic E-state index is 0.223. The zero-order chi connectivity index (χ0) is 14.1. The van der Waals surface area contributed by atoms with Gasteiger partial charge in [-0.25, -0.2) is 9.37 Å². The first kappa shape index (κ1) is 14.2. The summed E-state index contributed by atoms with van der Waals surface area (Å²) >= 11 is 5.18. The average molecular weight is 355 g/mol. The molecule has 0 amide bonds. The second-order valence-electron chi connectivity index (χ2n) is 4.95. The first-order valence-corrected chi connectivity index (χ1v) is 8.48. The van der Waals surface area contributed by atoms with Crippen LogP contribution in [0.1, 0.15) is 36.4 Å². The highest BCUT2D eigenvalue weighted by molar-refractivity contribution is 9.10. The fourth-order valence-electron chi connectivity index (χ4n) is 2.64. The SMILES string of the molecule is CCNC1CCCc2sc(-c3cc(F)ccc3Br)nc21. The lowest BCUT2D eigenvalue weighted by Gasteiger charge is -2.21. The minimum atomic E-state index is -0.223. The summed E-state index contributed by atoms with van der Waals surface area (Å²) in [6.07, 6.45) is 3.41. The van der Waals surface area contributed by atoms with Crippen LogP contribution in [0.5, 0.6) is 0 Å². The predicted octanol–water partition coefficient (Wildman–Crippen LogP) is 4.70. The van der Waals surface area contributed by atoms with Crippen molar-refractivity contribution in [2.75, 3.05) is 6.54 Å². The van der Waals surface area contributed by atoms with E-state index in [0.29, 0.717) is 6.04 Å². The number of fused-ring (bicyclic) bond motifs is 1. The number of halogens is 2. The van der Waals surface area contributed by atoms with E-state index in [1.807, 2.05) is 0 Å². The molecule has 1 aliphatic rings. The summed E-state index contributed by atoms with van der Waals surface area (Å²) in [7, 11) is 0. The lowest BCUT2D eigenvalue weighted by atomic mass is 9.98. The van der Waals surface area contributed by atoms with Gasteiger partial charge in [-0.1, -0.05) is 22.9 Å². The van der Waals surface area contributed by atoms with Crippen molar-refractivity contribution in [1.82, 2.24) is 10.3 Å². The molecule has 3 rings (SSSR count). The standard InChI is InChI=1S/C15H16BrFN2S/c1-2-18-12-4-3-5-13-14(12)19-15(20-13)10-8-9(17)6-7-11(10)16/h6-8,12,18H,2-5H2,1H3. The van der Waals surface area contributed by atoms with Crippen LogP contribution in [0.4, 0.5) is 4.39 Å². The van der Waals surface area contributed by atoms with Crippen LogP contribution in [0.2, 0.25) is 0 Å². The molecule has 0 bridgehead atoms. The van der Waals surface area contributed by atoms with Crippen molar-refractivity contribution in [3.05, 3.63) is 39.1 Å². The van der Waals surface area contributed by atoms with Crippen LogP contribution in [-0.2, 0) is 6.42 Å². The van der Waals surface area contributed by atoms with Gasteiger partial charge in [-0.05, 0) is 44.0 Å². The van der Waals surface area contributed by atoms with E-state index < -0.39 is 0 Å². The number of benzene rings is 1. The van der Waals surface area contributed by atoms with Crippen LogP contribution in [0, 0.1) is 5.82 Å². The van der Waals surface area contributed by atoms with Gasteiger partial charge in [-0.3, -0.25) is 0 Å². The maximum Gasteiger partial charge on any atom is 0.125 e. The highest BCUT2D eigenvalue weighted by Gasteiger charge is 2.24. The van der Waals surface area contributed by atoms with E-state index in [9.17, 15) is 4.39 Å². The second kappa shape index (κ2) is 5.92. The van der Waals surface area contributed by atoms with E-state index in [4.69, 9.17) is 4.98 Å². The Morgan fingerprint density at radius 1 is 1.50 bits per heavy atom. The molecule has 2 aromatic rings. The third-order valence-corrected chi connectivity index (χ3v) is 5.42. The number of nitrogens with zero attached hydrogens (tertiary/aromatic N) is 1. The molecule has 1 N–H and O–H groups in total. The van der Waals surface area contributed by atoms with Gasteiger partial charge in [0.2, 0.25) is 0 Å². The van der Waals surface area contributed by atoms with Crippen molar-refractivity contribution in [2.24, 2.45) is 0 Å². The highest BCUT2D eigenvalue weighted by Crippen LogP contribution is 2.39. The fourth-order valence-corrected chi connectivity index (χ4v) is 4.40. The Hall–Kier alpha value is -0.780. The van der Waals surface area contributed by atoms with Crippen LogP contribution < -0.4 is 5.32 Å². The number of aromatic nitrogens is 1. The molecule has 0 spiro atoms. The van der Waals surface area contributed by atoms with Crippen LogP contribution in [0.3, 0.4) is 0 Å². The summed E-state index contributed by atoms with van der Waals surface area (Å²) in [5.41, 5.74) is 2.01. The van der Waals surface area contributed by atoms with Crippen molar-refractivity contribution in [3.63, 3.8) is 0 Å². The first-order valence-electron chi connectivity index (χ1n) is 6.87. The largest absolute Gasteiger partial charge is 0.309 e. The van der Waals surface area contributed by atoms with E-state index in [1.54, 1.807) is 23.5 Å². The van der Waals surface area contributed by atoms with Gasteiger partial charge in [0.15, 0.2) is 0 Å². The van der Waals surface area contributed by atoms with Gasteiger partial charge in [-0.2, -0.15) is 0 Å². The summed E-state index contributed by atoms with van der Waals surface area (Å²) < 4.78 is 14.4. The number of rotatable bonds is 3. The van der Waals surface area contributed by atoms with Crippen LogP contribution in [-0.4, -0.2) is 11.5 Å².